The molecule has 0 unspecified atom stereocenters. The summed E-state index contributed by atoms with van der Waals surface area (Å²) in [5, 5.41) is 3.98. The van der Waals surface area contributed by atoms with Crippen LogP contribution in [0, 0.1) is 12.3 Å². The van der Waals surface area contributed by atoms with Crippen LogP contribution < -0.4 is 5.56 Å². The van der Waals surface area contributed by atoms with Crippen LogP contribution in [0.3, 0.4) is 0 Å². The zero-order valence-electron chi connectivity index (χ0n) is 9.98. The van der Waals surface area contributed by atoms with E-state index in [2.05, 4.69) is 9.84 Å². The number of ether oxygens (including phenoxy) is 1. The second kappa shape index (κ2) is 4.47. The van der Waals surface area contributed by atoms with E-state index >= 15 is 0 Å². The summed E-state index contributed by atoms with van der Waals surface area (Å²) >= 11 is 0. The van der Waals surface area contributed by atoms with Crippen molar-refractivity contribution in [3.8, 4) is 0 Å². The smallest absolute Gasteiger partial charge is 0.313 e. The summed E-state index contributed by atoms with van der Waals surface area (Å²) < 4.78 is 5.94. The molecular weight excluding hydrogens is 208 g/mol. The third-order valence-electron chi connectivity index (χ3n) is 2.29. The first-order valence-electron chi connectivity index (χ1n) is 4.99. The molecule has 0 saturated carbocycles. The molecular formula is C11H16N2O3. The Hall–Kier alpha value is -1.65. The summed E-state index contributed by atoms with van der Waals surface area (Å²) in [6, 6.07) is 1.49. The first-order chi connectivity index (χ1) is 7.36. The molecule has 0 N–H and O–H groups in total. The van der Waals surface area contributed by atoms with Crippen molar-refractivity contribution in [2.45, 2.75) is 27.3 Å². The fraction of sp³-hybridized carbons (Fsp3) is 0.545. The Morgan fingerprint density at radius 1 is 1.56 bits per heavy atom. The Balaban J connectivity index is 2.97. The van der Waals surface area contributed by atoms with E-state index in [1.165, 1.54) is 17.9 Å². The molecule has 0 aliphatic rings. The van der Waals surface area contributed by atoms with Crippen LogP contribution in [0.4, 0.5) is 0 Å². The van der Waals surface area contributed by atoms with Crippen LogP contribution in [-0.4, -0.2) is 22.9 Å². The molecule has 0 atom stereocenters. The quantitative estimate of drug-likeness (QED) is 0.711. The first kappa shape index (κ1) is 12.4. The molecule has 0 spiro atoms. The molecule has 1 rings (SSSR count). The van der Waals surface area contributed by atoms with Gasteiger partial charge in [0.2, 0.25) is 0 Å². The number of carbonyl (C=O) groups excluding carboxylic acids is 1. The number of aryl methyl sites for hydroxylation is 1. The highest BCUT2D eigenvalue weighted by molar-refractivity contribution is 5.75. The van der Waals surface area contributed by atoms with Crippen molar-refractivity contribution in [1.82, 2.24) is 9.78 Å². The number of carbonyl (C=O) groups is 1. The van der Waals surface area contributed by atoms with Crippen LogP contribution in [0.25, 0.3) is 0 Å². The van der Waals surface area contributed by atoms with Gasteiger partial charge in [-0.05, 0) is 26.3 Å². The third-order valence-corrected chi connectivity index (χ3v) is 2.29. The maximum absolute atomic E-state index is 11.6. The van der Waals surface area contributed by atoms with Gasteiger partial charge in [-0.15, -0.1) is 0 Å². The van der Waals surface area contributed by atoms with Crippen LogP contribution in [0.2, 0.25) is 0 Å². The summed E-state index contributed by atoms with van der Waals surface area (Å²) in [6.07, 6.45) is 1.59. The molecule has 0 fully saturated rings. The van der Waals surface area contributed by atoms with Gasteiger partial charge in [0.25, 0.3) is 5.56 Å². The van der Waals surface area contributed by atoms with E-state index in [9.17, 15) is 9.59 Å². The largest absolute Gasteiger partial charge is 0.469 e. The number of methoxy groups -OCH3 is 1. The maximum atomic E-state index is 11.6. The molecule has 1 heterocycles. The molecule has 0 radical (unpaired) electrons. The zero-order valence-corrected chi connectivity index (χ0v) is 9.98. The average molecular weight is 224 g/mol. The molecule has 0 aromatic carbocycles. The van der Waals surface area contributed by atoms with Crippen molar-refractivity contribution in [2.24, 2.45) is 5.41 Å². The molecule has 0 amide bonds. The van der Waals surface area contributed by atoms with Crippen LogP contribution >= 0.6 is 0 Å². The molecule has 0 saturated heterocycles. The van der Waals surface area contributed by atoms with Gasteiger partial charge in [-0.3, -0.25) is 9.59 Å². The van der Waals surface area contributed by atoms with Crippen molar-refractivity contribution in [2.75, 3.05) is 7.11 Å². The molecule has 5 nitrogen and oxygen atoms in total. The van der Waals surface area contributed by atoms with Gasteiger partial charge in [-0.2, -0.15) is 5.10 Å². The number of nitrogens with zero attached hydrogens (tertiary/aromatic N) is 2. The molecule has 1 aromatic heterocycles. The standard InChI is InChI=1S/C11H16N2O3/c1-8-5-9(14)13(12-6-8)7-11(2,3)10(15)16-4/h5-6H,7H2,1-4H3. The van der Waals surface area contributed by atoms with Crippen molar-refractivity contribution in [1.29, 1.82) is 0 Å². The fourth-order valence-corrected chi connectivity index (χ4v) is 1.36. The summed E-state index contributed by atoms with van der Waals surface area (Å²) in [4.78, 5) is 23.0. The predicted octanol–water partition coefficient (Wildman–Crippen LogP) is 0.751. The van der Waals surface area contributed by atoms with Gasteiger partial charge in [0.15, 0.2) is 0 Å². The van der Waals surface area contributed by atoms with Crippen molar-refractivity contribution < 1.29 is 9.53 Å². The molecule has 1 aromatic rings. The van der Waals surface area contributed by atoms with Gasteiger partial charge >= 0.3 is 5.97 Å². The van der Waals surface area contributed by atoms with Crippen molar-refractivity contribution in [3.05, 3.63) is 28.2 Å². The minimum absolute atomic E-state index is 0.207. The SMILES string of the molecule is COC(=O)C(C)(C)Cn1ncc(C)cc1=O. The summed E-state index contributed by atoms with van der Waals surface area (Å²) in [5.41, 5.74) is -0.171. The summed E-state index contributed by atoms with van der Waals surface area (Å²) in [7, 11) is 1.33. The Labute approximate surface area is 94.0 Å². The van der Waals surface area contributed by atoms with E-state index in [-0.39, 0.29) is 18.1 Å². The van der Waals surface area contributed by atoms with Gasteiger partial charge < -0.3 is 4.74 Å². The Kier molecular flexibility index (Phi) is 3.47. The number of rotatable bonds is 3. The molecule has 16 heavy (non-hydrogen) atoms. The highest BCUT2D eigenvalue weighted by Gasteiger charge is 2.29. The number of hydrogen-bond donors (Lipinski definition) is 0. The van der Waals surface area contributed by atoms with Gasteiger partial charge in [0.1, 0.15) is 0 Å². The molecule has 88 valence electrons. The monoisotopic (exact) mass is 224 g/mol. The van der Waals surface area contributed by atoms with Crippen LogP contribution in [0.5, 0.6) is 0 Å². The highest BCUT2D eigenvalue weighted by atomic mass is 16.5. The average Bonchev–Trinajstić information content (AvgIpc) is 2.21. The van der Waals surface area contributed by atoms with Crippen LogP contribution in [0.15, 0.2) is 17.1 Å². The number of aromatic nitrogens is 2. The van der Waals surface area contributed by atoms with E-state index in [0.29, 0.717) is 0 Å². The van der Waals surface area contributed by atoms with Crippen LogP contribution in [-0.2, 0) is 16.1 Å². The summed E-state index contributed by atoms with van der Waals surface area (Å²) in [6.45, 7) is 5.43. The van der Waals surface area contributed by atoms with Crippen molar-refractivity contribution >= 4 is 5.97 Å². The molecule has 5 heteroatoms. The predicted molar refractivity (Wildman–Crippen MR) is 59.0 cm³/mol. The van der Waals surface area contributed by atoms with Gasteiger partial charge in [0.05, 0.1) is 25.3 Å². The van der Waals surface area contributed by atoms with E-state index in [1.807, 2.05) is 0 Å². The number of esters is 1. The van der Waals surface area contributed by atoms with Crippen LogP contribution in [0.1, 0.15) is 19.4 Å². The second-order valence-corrected chi connectivity index (χ2v) is 4.40. The number of hydrogen-bond acceptors (Lipinski definition) is 4. The lowest BCUT2D eigenvalue weighted by Crippen LogP contribution is -2.36. The normalized spacial score (nSPS) is 11.2. The Morgan fingerprint density at radius 2 is 2.19 bits per heavy atom. The molecule has 0 bridgehead atoms. The van der Waals surface area contributed by atoms with Gasteiger partial charge in [-0.25, -0.2) is 4.68 Å². The van der Waals surface area contributed by atoms with E-state index in [0.717, 1.165) is 5.56 Å². The highest BCUT2D eigenvalue weighted by Crippen LogP contribution is 2.18. The fourth-order valence-electron chi connectivity index (χ4n) is 1.36. The van der Waals surface area contributed by atoms with Gasteiger partial charge in [0, 0.05) is 6.07 Å². The topological polar surface area (TPSA) is 61.2 Å². The zero-order chi connectivity index (χ0) is 12.3. The minimum atomic E-state index is -0.763. The lowest BCUT2D eigenvalue weighted by Gasteiger charge is -2.21. The van der Waals surface area contributed by atoms with E-state index in [1.54, 1.807) is 27.0 Å². The second-order valence-electron chi connectivity index (χ2n) is 4.40. The Morgan fingerprint density at radius 3 is 2.69 bits per heavy atom. The van der Waals surface area contributed by atoms with E-state index in [4.69, 9.17) is 0 Å². The van der Waals surface area contributed by atoms with E-state index < -0.39 is 5.41 Å². The maximum Gasteiger partial charge on any atom is 0.313 e. The Bertz CT molecular complexity index is 449. The third kappa shape index (κ3) is 2.68. The lowest BCUT2D eigenvalue weighted by molar-refractivity contribution is -0.151. The lowest BCUT2D eigenvalue weighted by atomic mass is 9.94. The van der Waals surface area contributed by atoms with Gasteiger partial charge in [-0.1, -0.05) is 0 Å². The molecule has 0 aliphatic heterocycles. The molecule has 0 aliphatic carbocycles. The van der Waals surface area contributed by atoms with Crippen molar-refractivity contribution in [3.63, 3.8) is 0 Å². The first-order valence-corrected chi connectivity index (χ1v) is 4.99. The minimum Gasteiger partial charge on any atom is -0.469 e. The summed E-state index contributed by atoms with van der Waals surface area (Å²) in [5.74, 6) is -0.359.